The molecule has 0 saturated carbocycles. The number of benzene rings is 2. The summed E-state index contributed by atoms with van der Waals surface area (Å²) in [4.78, 5) is 20.6. The minimum atomic E-state index is -4.72. The van der Waals surface area contributed by atoms with Crippen LogP contribution in [0.1, 0.15) is 21.9 Å². The standard InChI is InChI=1S/C21H16F3N5O2/c1-12-3-5-13(6-4-12)16-11-17(21(22,23)24)29-20(26-16)27-18(28-29)19(30)25-14-7-9-15(31-2)10-8-14/h3-11H,1-2H3,(H,25,30). The van der Waals surface area contributed by atoms with Gasteiger partial charge in [0.2, 0.25) is 5.82 Å². The van der Waals surface area contributed by atoms with E-state index in [1.165, 1.54) is 7.11 Å². The van der Waals surface area contributed by atoms with E-state index in [1.54, 1.807) is 48.5 Å². The SMILES string of the molecule is COc1ccc(NC(=O)c2nc3nc(-c4ccc(C)cc4)cc(C(F)(F)F)n3n2)cc1. The molecule has 1 N–H and O–H groups in total. The zero-order valence-electron chi connectivity index (χ0n) is 16.4. The number of carbonyl (C=O) groups is 1. The van der Waals surface area contributed by atoms with Crippen LogP contribution in [0.4, 0.5) is 18.9 Å². The molecule has 10 heteroatoms. The number of aryl methyl sites for hydroxylation is 1. The molecular formula is C21H16F3N5O2. The molecule has 4 rings (SSSR count). The number of fused-ring (bicyclic) bond motifs is 1. The Balaban J connectivity index is 1.74. The van der Waals surface area contributed by atoms with Crippen molar-refractivity contribution in [2.24, 2.45) is 0 Å². The van der Waals surface area contributed by atoms with Crippen molar-refractivity contribution in [1.29, 1.82) is 0 Å². The van der Waals surface area contributed by atoms with E-state index in [-0.39, 0.29) is 11.5 Å². The summed E-state index contributed by atoms with van der Waals surface area (Å²) in [6.45, 7) is 1.87. The third-order valence-electron chi connectivity index (χ3n) is 4.50. The summed E-state index contributed by atoms with van der Waals surface area (Å²) in [5, 5.41) is 6.28. The molecule has 158 valence electrons. The number of methoxy groups -OCH3 is 1. The van der Waals surface area contributed by atoms with Gasteiger partial charge in [-0.2, -0.15) is 22.7 Å². The van der Waals surface area contributed by atoms with Crippen molar-refractivity contribution in [3.8, 4) is 17.0 Å². The van der Waals surface area contributed by atoms with Crippen LogP contribution >= 0.6 is 0 Å². The fourth-order valence-electron chi connectivity index (χ4n) is 2.90. The lowest BCUT2D eigenvalue weighted by Gasteiger charge is -2.10. The van der Waals surface area contributed by atoms with Crippen molar-refractivity contribution in [2.45, 2.75) is 13.1 Å². The lowest BCUT2D eigenvalue weighted by Crippen LogP contribution is -2.16. The van der Waals surface area contributed by atoms with Crippen LogP contribution in [0, 0.1) is 6.92 Å². The zero-order chi connectivity index (χ0) is 22.2. The van der Waals surface area contributed by atoms with Gasteiger partial charge in [0.05, 0.1) is 12.8 Å². The van der Waals surface area contributed by atoms with Crippen LogP contribution in [0.25, 0.3) is 17.0 Å². The van der Waals surface area contributed by atoms with Crippen molar-refractivity contribution >= 4 is 17.4 Å². The number of ether oxygens (including phenoxy) is 1. The summed E-state index contributed by atoms with van der Waals surface area (Å²) in [7, 11) is 1.50. The largest absolute Gasteiger partial charge is 0.497 e. The van der Waals surface area contributed by atoms with Gasteiger partial charge in [0, 0.05) is 11.3 Å². The van der Waals surface area contributed by atoms with Gasteiger partial charge in [-0.15, -0.1) is 5.10 Å². The number of rotatable bonds is 4. The van der Waals surface area contributed by atoms with Gasteiger partial charge in [0.15, 0.2) is 5.69 Å². The summed E-state index contributed by atoms with van der Waals surface area (Å²) < 4.78 is 46.6. The second-order valence-corrected chi connectivity index (χ2v) is 6.72. The van der Waals surface area contributed by atoms with E-state index < -0.39 is 23.6 Å². The van der Waals surface area contributed by atoms with Crippen molar-refractivity contribution < 1.29 is 22.7 Å². The number of hydrogen-bond acceptors (Lipinski definition) is 5. The molecule has 0 aliphatic carbocycles. The Hall–Kier alpha value is -3.95. The summed E-state index contributed by atoms with van der Waals surface area (Å²) in [6, 6.07) is 14.2. The Labute approximate surface area is 174 Å². The van der Waals surface area contributed by atoms with Gasteiger partial charge in [0.1, 0.15) is 5.75 Å². The first-order chi connectivity index (χ1) is 14.7. The Morgan fingerprint density at radius 2 is 1.71 bits per heavy atom. The first kappa shape index (κ1) is 20.3. The van der Waals surface area contributed by atoms with Crippen LogP contribution in [0.5, 0.6) is 5.75 Å². The molecule has 4 aromatic rings. The zero-order valence-corrected chi connectivity index (χ0v) is 16.4. The third kappa shape index (κ3) is 4.18. The van der Waals surface area contributed by atoms with E-state index in [2.05, 4.69) is 20.4 Å². The molecule has 2 aromatic carbocycles. The molecule has 0 atom stereocenters. The van der Waals surface area contributed by atoms with Crippen LogP contribution in [0.3, 0.4) is 0 Å². The van der Waals surface area contributed by atoms with E-state index >= 15 is 0 Å². The van der Waals surface area contributed by atoms with Crippen LogP contribution < -0.4 is 10.1 Å². The number of nitrogens with zero attached hydrogens (tertiary/aromatic N) is 4. The van der Waals surface area contributed by atoms with E-state index in [9.17, 15) is 18.0 Å². The minimum Gasteiger partial charge on any atom is -0.497 e. The van der Waals surface area contributed by atoms with Crippen LogP contribution in [0.15, 0.2) is 54.6 Å². The summed E-state index contributed by atoms with van der Waals surface area (Å²) >= 11 is 0. The fraction of sp³-hybridized carbons (Fsp3) is 0.143. The Morgan fingerprint density at radius 3 is 2.32 bits per heavy atom. The number of aromatic nitrogens is 4. The van der Waals surface area contributed by atoms with Gasteiger partial charge in [-0.25, -0.2) is 4.98 Å². The molecular weight excluding hydrogens is 411 g/mol. The van der Waals surface area contributed by atoms with Gasteiger partial charge >= 0.3 is 6.18 Å². The number of anilines is 1. The first-order valence-electron chi connectivity index (χ1n) is 9.12. The first-order valence-corrected chi connectivity index (χ1v) is 9.12. The minimum absolute atomic E-state index is 0.0781. The molecule has 0 radical (unpaired) electrons. The molecule has 0 fully saturated rings. The number of carbonyl (C=O) groups excluding carboxylic acids is 1. The van der Waals surface area contributed by atoms with E-state index in [4.69, 9.17) is 4.74 Å². The predicted molar refractivity (Wildman–Crippen MR) is 107 cm³/mol. The molecule has 31 heavy (non-hydrogen) atoms. The number of nitrogens with one attached hydrogen (secondary N) is 1. The highest BCUT2D eigenvalue weighted by molar-refractivity contribution is 6.01. The maximum absolute atomic E-state index is 13.7. The molecule has 0 spiro atoms. The highest BCUT2D eigenvalue weighted by Gasteiger charge is 2.36. The highest BCUT2D eigenvalue weighted by atomic mass is 19.4. The second-order valence-electron chi connectivity index (χ2n) is 6.72. The molecule has 0 saturated heterocycles. The molecule has 0 aliphatic rings. The molecule has 0 unspecified atom stereocenters. The van der Waals surface area contributed by atoms with E-state index in [0.717, 1.165) is 11.6 Å². The van der Waals surface area contributed by atoms with Gasteiger partial charge in [0.25, 0.3) is 11.7 Å². The topological polar surface area (TPSA) is 81.4 Å². The number of halogens is 3. The lowest BCUT2D eigenvalue weighted by molar-refractivity contribution is -0.142. The molecule has 2 aromatic heterocycles. The lowest BCUT2D eigenvalue weighted by atomic mass is 10.1. The maximum Gasteiger partial charge on any atom is 0.433 e. The Kier molecular flexibility index (Phi) is 5.05. The van der Waals surface area contributed by atoms with E-state index in [1.807, 2.05) is 6.92 Å². The van der Waals surface area contributed by atoms with Gasteiger partial charge in [-0.3, -0.25) is 4.79 Å². The summed E-state index contributed by atoms with van der Waals surface area (Å²) in [5.41, 5.74) is 0.860. The summed E-state index contributed by atoms with van der Waals surface area (Å²) in [6.07, 6.45) is -4.72. The average Bonchev–Trinajstić information content (AvgIpc) is 3.17. The van der Waals surface area contributed by atoms with Crippen molar-refractivity contribution in [3.05, 3.63) is 71.7 Å². The van der Waals surface area contributed by atoms with Gasteiger partial charge in [-0.1, -0.05) is 29.8 Å². The molecule has 2 heterocycles. The molecule has 7 nitrogen and oxygen atoms in total. The molecule has 0 bridgehead atoms. The van der Waals surface area contributed by atoms with Gasteiger partial charge in [-0.05, 0) is 37.3 Å². The van der Waals surface area contributed by atoms with Crippen LogP contribution in [-0.4, -0.2) is 32.6 Å². The van der Waals surface area contributed by atoms with Crippen molar-refractivity contribution in [3.63, 3.8) is 0 Å². The maximum atomic E-state index is 13.7. The Bertz CT molecular complexity index is 1250. The normalized spacial score (nSPS) is 11.5. The monoisotopic (exact) mass is 427 g/mol. The third-order valence-corrected chi connectivity index (χ3v) is 4.50. The molecule has 0 aliphatic heterocycles. The van der Waals surface area contributed by atoms with Crippen molar-refractivity contribution in [2.75, 3.05) is 12.4 Å². The summed E-state index contributed by atoms with van der Waals surface area (Å²) in [5.74, 6) is -0.938. The van der Waals surface area contributed by atoms with Crippen molar-refractivity contribution in [1.82, 2.24) is 19.6 Å². The predicted octanol–water partition coefficient (Wildman–Crippen LogP) is 4.38. The fourth-order valence-corrected chi connectivity index (χ4v) is 2.90. The highest BCUT2D eigenvalue weighted by Crippen LogP contribution is 2.32. The van der Waals surface area contributed by atoms with Crippen LogP contribution in [-0.2, 0) is 6.18 Å². The number of alkyl halides is 3. The molecule has 1 amide bonds. The Morgan fingerprint density at radius 1 is 1.03 bits per heavy atom. The van der Waals surface area contributed by atoms with Crippen LogP contribution in [0.2, 0.25) is 0 Å². The number of amides is 1. The second kappa shape index (κ2) is 7.71. The number of hydrogen-bond donors (Lipinski definition) is 1. The van der Waals surface area contributed by atoms with Gasteiger partial charge < -0.3 is 10.1 Å². The smallest absolute Gasteiger partial charge is 0.433 e. The van der Waals surface area contributed by atoms with E-state index in [0.29, 0.717) is 21.5 Å². The average molecular weight is 427 g/mol. The quantitative estimate of drug-likeness (QED) is 0.523.